The van der Waals surface area contributed by atoms with Crippen LogP contribution in [-0.4, -0.2) is 58.3 Å². The van der Waals surface area contributed by atoms with Gasteiger partial charge in [-0.3, -0.25) is 5.10 Å². The number of nitrogens with zero attached hydrogens (tertiary/aromatic N) is 5. The Morgan fingerprint density at radius 2 is 1.83 bits per heavy atom. The fourth-order valence-corrected chi connectivity index (χ4v) is 3.51. The summed E-state index contributed by atoms with van der Waals surface area (Å²) in [6, 6.07) is 13.8. The molecule has 3 aromatic heterocycles. The molecule has 1 aromatic carbocycles. The summed E-state index contributed by atoms with van der Waals surface area (Å²) in [6.45, 7) is 5.83. The number of likely N-dealkylation sites (N-methyl/N-ethyl adjacent to an activating group) is 1. The van der Waals surface area contributed by atoms with Crippen molar-refractivity contribution in [2.75, 3.05) is 43.4 Å². The first-order valence-corrected chi connectivity index (χ1v) is 9.75. The van der Waals surface area contributed by atoms with E-state index >= 15 is 0 Å². The van der Waals surface area contributed by atoms with Gasteiger partial charge in [-0.2, -0.15) is 5.10 Å². The Morgan fingerprint density at radius 3 is 2.59 bits per heavy atom. The van der Waals surface area contributed by atoms with E-state index in [9.17, 15) is 0 Å². The normalized spacial score (nSPS) is 15.2. The topological polar surface area (TPSA) is 86.1 Å². The molecule has 5 rings (SSSR count). The van der Waals surface area contributed by atoms with E-state index in [1.165, 1.54) is 0 Å². The van der Waals surface area contributed by atoms with Crippen LogP contribution in [0.25, 0.3) is 22.6 Å². The third-order valence-electron chi connectivity index (χ3n) is 5.15. The summed E-state index contributed by atoms with van der Waals surface area (Å²) in [7, 11) is 2.14. The zero-order valence-electron chi connectivity index (χ0n) is 16.5. The lowest BCUT2D eigenvalue weighted by Gasteiger charge is -2.33. The maximum Gasteiger partial charge on any atom is 0.199 e. The minimum atomic E-state index is 0.562. The molecular weight excluding hydrogens is 366 g/mol. The van der Waals surface area contributed by atoms with E-state index in [-0.39, 0.29) is 0 Å². The number of aromatic nitrogens is 4. The quantitative estimate of drug-likeness (QED) is 0.553. The third kappa shape index (κ3) is 3.66. The Kier molecular flexibility index (Phi) is 4.40. The highest BCUT2D eigenvalue weighted by atomic mass is 16.3. The maximum atomic E-state index is 6.02. The van der Waals surface area contributed by atoms with Gasteiger partial charge < -0.3 is 19.5 Å². The van der Waals surface area contributed by atoms with E-state index in [0.29, 0.717) is 17.4 Å². The maximum absolute atomic E-state index is 6.02. The third-order valence-corrected chi connectivity index (χ3v) is 5.15. The van der Waals surface area contributed by atoms with Crippen LogP contribution in [0.4, 0.5) is 17.5 Å². The SMILES string of the molecule is Cc1cc(Nc2cc(N3CCN(C)CC3)nc(-c3cc4ccccc4o3)n2)n[nH]1. The van der Waals surface area contributed by atoms with E-state index < -0.39 is 0 Å². The fraction of sp³-hybridized carbons (Fsp3) is 0.286. The van der Waals surface area contributed by atoms with Crippen molar-refractivity contribution in [3.8, 4) is 11.6 Å². The summed E-state index contributed by atoms with van der Waals surface area (Å²) in [5.41, 5.74) is 1.81. The van der Waals surface area contributed by atoms with Crippen molar-refractivity contribution in [1.82, 2.24) is 25.1 Å². The van der Waals surface area contributed by atoms with Gasteiger partial charge in [0.2, 0.25) is 0 Å². The molecule has 0 radical (unpaired) electrons. The Hall–Kier alpha value is -3.39. The molecule has 0 aliphatic carbocycles. The number of nitrogens with one attached hydrogen (secondary N) is 2. The van der Waals surface area contributed by atoms with Crippen molar-refractivity contribution in [2.45, 2.75) is 6.92 Å². The zero-order chi connectivity index (χ0) is 19.8. The summed E-state index contributed by atoms with van der Waals surface area (Å²) in [6.07, 6.45) is 0. The van der Waals surface area contributed by atoms with Gasteiger partial charge in [0, 0.05) is 49.4 Å². The highest BCUT2D eigenvalue weighted by Crippen LogP contribution is 2.29. The molecule has 4 aromatic rings. The number of furan rings is 1. The Bertz CT molecular complexity index is 1110. The van der Waals surface area contributed by atoms with Crippen molar-refractivity contribution >= 4 is 28.4 Å². The highest BCUT2D eigenvalue weighted by molar-refractivity contribution is 5.82. The van der Waals surface area contributed by atoms with Gasteiger partial charge in [-0.15, -0.1) is 0 Å². The first-order valence-electron chi connectivity index (χ1n) is 9.75. The monoisotopic (exact) mass is 389 g/mol. The van der Waals surface area contributed by atoms with E-state index in [2.05, 4.69) is 32.4 Å². The fourth-order valence-electron chi connectivity index (χ4n) is 3.51. The van der Waals surface area contributed by atoms with Crippen LogP contribution in [0.2, 0.25) is 0 Å². The van der Waals surface area contributed by atoms with Gasteiger partial charge in [-0.1, -0.05) is 18.2 Å². The van der Waals surface area contributed by atoms with Gasteiger partial charge in [0.1, 0.15) is 17.2 Å². The molecule has 0 amide bonds. The average Bonchev–Trinajstić information content (AvgIpc) is 3.34. The van der Waals surface area contributed by atoms with E-state index in [0.717, 1.165) is 54.5 Å². The Balaban J connectivity index is 1.55. The summed E-state index contributed by atoms with van der Waals surface area (Å²) >= 11 is 0. The largest absolute Gasteiger partial charge is 0.453 e. The molecule has 0 spiro atoms. The second kappa shape index (κ2) is 7.21. The van der Waals surface area contributed by atoms with Crippen LogP contribution in [0.15, 0.2) is 46.9 Å². The number of aryl methyl sites for hydroxylation is 1. The van der Waals surface area contributed by atoms with Gasteiger partial charge in [0.25, 0.3) is 0 Å². The predicted octanol–water partition coefficient (Wildman–Crippen LogP) is 3.42. The second-order valence-corrected chi connectivity index (χ2v) is 7.43. The molecule has 0 atom stereocenters. The number of hydrogen-bond donors (Lipinski definition) is 2. The summed E-state index contributed by atoms with van der Waals surface area (Å²) in [4.78, 5) is 14.1. The van der Waals surface area contributed by atoms with Crippen LogP contribution < -0.4 is 10.2 Å². The van der Waals surface area contributed by atoms with Gasteiger partial charge in [-0.25, -0.2) is 9.97 Å². The van der Waals surface area contributed by atoms with Gasteiger partial charge in [0.15, 0.2) is 17.4 Å². The van der Waals surface area contributed by atoms with E-state index in [4.69, 9.17) is 14.4 Å². The number of benzene rings is 1. The number of H-pyrrole nitrogens is 1. The molecular formula is C21H23N7O. The van der Waals surface area contributed by atoms with E-state index in [1.807, 2.05) is 49.4 Å². The molecule has 2 N–H and O–H groups in total. The molecule has 0 bridgehead atoms. The first kappa shape index (κ1) is 17.7. The van der Waals surface area contributed by atoms with Crippen molar-refractivity contribution in [2.24, 2.45) is 0 Å². The molecule has 8 heteroatoms. The summed E-state index contributed by atoms with van der Waals surface area (Å²) in [5.74, 6) is 3.52. The number of para-hydroxylation sites is 1. The van der Waals surface area contributed by atoms with Crippen LogP contribution in [0.1, 0.15) is 5.69 Å². The van der Waals surface area contributed by atoms with Crippen molar-refractivity contribution in [3.05, 3.63) is 48.2 Å². The molecule has 29 heavy (non-hydrogen) atoms. The molecule has 1 saturated heterocycles. The number of piperazine rings is 1. The average molecular weight is 389 g/mol. The molecule has 1 aliphatic heterocycles. The molecule has 0 saturated carbocycles. The van der Waals surface area contributed by atoms with E-state index in [1.54, 1.807) is 0 Å². The van der Waals surface area contributed by atoms with Crippen LogP contribution in [0, 0.1) is 6.92 Å². The number of aromatic amines is 1. The van der Waals surface area contributed by atoms with Gasteiger partial charge >= 0.3 is 0 Å². The van der Waals surface area contributed by atoms with Crippen molar-refractivity contribution < 1.29 is 4.42 Å². The lowest BCUT2D eigenvalue weighted by atomic mass is 10.2. The van der Waals surface area contributed by atoms with Gasteiger partial charge in [-0.05, 0) is 26.1 Å². The van der Waals surface area contributed by atoms with Crippen LogP contribution >= 0.6 is 0 Å². The standard InChI is InChI=1S/C21H23N7O/c1-14-11-19(26-25-14)22-18-13-20(28-9-7-27(2)8-10-28)24-21(23-18)17-12-15-5-3-4-6-16(15)29-17/h3-6,11-13H,7-10H2,1-2H3,(H2,22,23,24,25,26). The zero-order valence-corrected chi connectivity index (χ0v) is 16.5. The minimum Gasteiger partial charge on any atom is -0.453 e. The van der Waals surface area contributed by atoms with Crippen LogP contribution in [0.3, 0.4) is 0 Å². The van der Waals surface area contributed by atoms with Crippen LogP contribution in [0.5, 0.6) is 0 Å². The highest BCUT2D eigenvalue weighted by Gasteiger charge is 2.19. The molecule has 148 valence electrons. The van der Waals surface area contributed by atoms with Gasteiger partial charge in [0.05, 0.1) is 0 Å². The summed E-state index contributed by atoms with van der Waals surface area (Å²) < 4.78 is 6.02. The lowest BCUT2D eigenvalue weighted by Crippen LogP contribution is -2.44. The van der Waals surface area contributed by atoms with Crippen molar-refractivity contribution in [1.29, 1.82) is 0 Å². The first-order chi connectivity index (χ1) is 14.1. The minimum absolute atomic E-state index is 0.562. The summed E-state index contributed by atoms with van der Waals surface area (Å²) in [5, 5.41) is 11.5. The second-order valence-electron chi connectivity index (χ2n) is 7.43. The molecule has 1 fully saturated rings. The molecule has 8 nitrogen and oxygen atoms in total. The molecule has 4 heterocycles. The molecule has 0 unspecified atom stereocenters. The predicted molar refractivity (Wildman–Crippen MR) is 114 cm³/mol. The smallest absolute Gasteiger partial charge is 0.199 e. The van der Waals surface area contributed by atoms with Crippen molar-refractivity contribution in [3.63, 3.8) is 0 Å². The Labute approximate surface area is 168 Å². The number of fused-ring (bicyclic) bond motifs is 1. The molecule has 1 aliphatic rings. The number of rotatable bonds is 4. The Morgan fingerprint density at radius 1 is 1.00 bits per heavy atom. The van der Waals surface area contributed by atoms with Crippen LogP contribution in [-0.2, 0) is 0 Å². The lowest BCUT2D eigenvalue weighted by molar-refractivity contribution is 0.312. The number of anilines is 3. The number of hydrogen-bond acceptors (Lipinski definition) is 7.